The van der Waals surface area contributed by atoms with Crippen LogP contribution in [0.15, 0.2) is 35.2 Å². The summed E-state index contributed by atoms with van der Waals surface area (Å²) in [5.41, 5.74) is 2.17. The number of alkyl halides is 3. The van der Waals surface area contributed by atoms with Crippen molar-refractivity contribution in [1.29, 1.82) is 0 Å². The van der Waals surface area contributed by atoms with Crippen LogP contribution >= 0.6 is 11.8 Å². The number of aryl methyl sites for hydroxylation is 1. The van der Waals surface area contributed by atoms with Crippen molar-refractivity contribution in [3.8, 4) is 5.69 Å². The van der Waals surface area contributed by atoms with Crippen LogP contribution in [0.4, 0.5) is 18.0 Å². The van der Waals surface area contributed by atoms with Crippen LogP contribution in [0, 0.1) is 13.8 Å². The maximum absolute atomic E-state index is 12.7. The van der Waals surface area contributed by atoms with Crippen molar-refractivity contribution >= 4 is 29.0 Å². The van der Waals surface area contributed by atoms with Gasteiger partial charge < -0.3 is 4.57 Å². The highest BCUT2D eigenvalue weighted by Crippen LogP contribution is 2.32. The molecule has 0 radical (unpaired) electrons. The molecule has 130 valence electrons. The predicted octanol–water partition coefficient (Wildman–Crippen LogP) is 4.44. The average Bonchev–Trinajstić information content (AvgIpc) is 2.98. The van der Waals surface area contributed by atoms with Crippen molar-refractivity contribution < 1.29 is 22.8 Å². The van der Waals surface area contributed by atoms with Gasteiger partial charge in [0.1, 0.15) is 0 Å². The first kappa shape index (κ1) is 17.3. The number of nitrogens with zero attached hydrogens (tertiary/aromatic N) is 1. The molecule has 1 aliphatic heterocycles. The van der Waals surface area contributed by atoms with Gasteiger partial charge >= 0.3 is 6.18 Å². The third-order valence-corrected chi connectivity index (χ3v) is 4.66. The van der Waals surface area contributed by atoms with Crippen LogP contribution in [0.2, 0.25) is 0 Å². The fourth-order valence-electron chi connectivity index (χ4n) is 2.69. The average molecular weight is 366 g/mol. The molecule has 1 fully saturated rings. The molecule has 1 N–H and O–H groups in total. The van der Waals surface area contributed by atoms with Crippen LogP contribution in [-0.4, -0.2) is 15.7 Å². The van der Waals surface area contributed by atoms with E-state index in [4.69, 9.17) is 0 Å². The number of benzene rings is 1. The molecule has 8 heteroatoms. The van der Waals surface area contributed by atoms with Crippen LogP contribution in [0.5, 0.6) is 0 Å². The van der Waals surface area contributed by atoms with Crippen LogP contribution in [0.3, 0.4) is 0 Å². The van der Waals surface area contributed by atoms with Crippen LogP contribution in [0.1, 0.15) is 22.5 Å². The van der Waals surface area contributed by atoms with E-state index >= 15 is 0 Å². The number of imide groups is 1. The molecule has 1 aromatic heterocycles. The molecule has 0 saturated carbocycles. The molecule has 2 aromatic rings. The number of hydrogen-bond donors (Lipinski definition) is 1. The minimum atomic E-state index is -4.38. The van der Waals surface area contributed by atoms with E-state index in [1.807, 2.05) is 13.0 Å². The van der Waals surface area contributed by atoms with E-state index in [-0.39, 0.29) is 4.91 Å². The molecular formula is C17H13F3N2O2S. The quantitative estimate of drug-likeness (QED) is 0.800. The zero-order chi connectivity index (χ0) is 18.4. The molecule has 1 aromatic carbocycles. The third-order valence-electron chi connectivity index (χ3n) is 3.85. The number of hydrogen-bond acceptors (Lipinski definition) is 3. The Kier molecular flexibility index (Phi) is 4.24. The van der Waals surface area contributed by atoms with Crippen molar-refractivity contribution in [2.75, 3.05) is 0 Å². The normalized spacial score (nSPS) is 16.6. The van der Waals surface area contributed by atoms with Crippen LogP contribution in [0.25, 0.3) is 11.8 Å². The third kappa shape index (κ3) is 3.34. The molecule has 25 heavy (non-hydrogen) atoms. The lowest BCUT2D eigenvalue weighted by Gasteiger charge is -2.12. The summed E-state index contributed by atoms with van der Waals surface area (Å²) in [4.78, 5) is 23.2. The Balaban J connectivity index is 1.99. The summed E-state index contributed by atoms with van der Waals surface area (Å²) in [5, 5.41) is 1.76. The SMILES string of the molecule is Cc1cc(/C=C2\SC(=O)NC2=O)c(C)n1-c1ccc(C(F)(F)F)cc1. The number of amides is 2. The standard InChI is InChI=1S/C17H13F3N2O2S/c1-9-7-11(8-14-15(23)21-16(24)25-14)10(2)22(9)13-5-3-12(4-6-13)17(18,19)20/h3-8H,1-2H3,(H,21,23,24)/b14-8-. The Morgan fingerprint density at radius 2 is 1.76 bits per heavy atom. The fraction of sp³-hybridized carbons (Fsp3) is 0.176. The molecule has 0 spiro atoms. The highest BCUT2D eigenvalue weighted by molar-refractivity contribution is 8.18. The van der Waals surface area contributed by atoms with E-state index in [9.17, 15) is 22.8 Å². The monoisotopic (exact) mass is 366 g/mol. The minimum absolute atomic E-state index is 0.290. The summed E-state index contributed by atoms with van der Waals surface area (Å²) >= 11 is 0.820. The van der Waals surface area contributed by atoms with E-state index < -0.39 is 22.9 Å². The van der Waals surface area contributed by atoms with Crippen molar-refractivity contribution in [3.05, 3.63) is 57.8 Å². The molecule has 2 heterocycles. The van der Waals surface area contributed by atoms with Gasteiger partial charge in [-0.1, -0.05) is 0 Å². The van der Waals surface area contributed by atoms with Crippen molar-refractivity contribution in [2.24, 2.45) is 0 Å². The summed E-state index contributed by atoms with van der Waals surface area (Å²) in [7, 11) is 0. The van der Waals surface area contributed by atoms with E-state index in [1.54, 1.807) is 17.6 Å². The zero-order valence-corrected chi connectivity index (χ0v) is 14.1. The van der Waals surface area contributed by atoms with Crippen molar-refractivity contribution in [2.45, 2.75) is 20.0 Å². The lowest BCUT2D eigenvalue weighted by molar-refractivity contribution is -0.137. The molecule has 0 unspecified atom stereocenters. The maximum Gasteiger partial charge on any atom is 0.416 e. The van der Waals surface area contributed by atoms with Crippen LogP contribution in [-0.2, 0) is 11.0 Å². The lowest BCUT2D eigenvalue weighted by atomic mass is 10.2. The number of carbonyl (C=O) groups excluding carboxylic acids is 2. The molecule has 0 bridgehead atoms. The number of thioether (sulfide) groups is 1. The van der Waals surface area contributed by atoms with Crippen molar-refractivity contribution in [3.63, 3.8) is 0 Å². The summed E-state index contributed by atoms with van der Waals surface area (Å²) in [5.74, 6) is -0.450. The summed E-state index contributed by atoms with van der Waals surface area (Å²) in [6.07, 6.45) is -2.78. The van der Waals surface area contributed by atoms with Gasteiger partial charge in [0.15, 0.2) is 0 Å². The van der Waals surface area contributed by atoms with Gasteiger partial charge in [0.25, 0.3) is 11.1 Å². The second-order valence-corrected chi connectivity index (χ2v) is 6.57. The van der Waals surface area contributed by atoms with E-state index in [0.29, 0.717) is 5.69 Å². The first-order chi connectivity index (χ1) is 11.7. The van der Waals surface area contributed by atoms with E-state index in [0.717, 1.165) is 40.8 Å². The zero-order valence-electron chi connectivity index (χ0n) is 13.3. The van der Waals surface area contributed by atoms with Gasteiger partial charge in [-0.15, -0.1) is 0 Å². The van der Waals surface area contributed by atoms with Crippen LogP contribution < -0.4 is 5.32 Å². The van der Waals surface area contributed by atoms with Gasteiger partial charge in [0.2, 0.25) is 0 Å². The van der Waals surface area contributed by atoms with Crippen molar-refractivity contribution in [1.82, 2.24) is 9.88 Å². The minimum Gasteiger partial charge on any atom is -0.318 e. The number of rotatable bonds is 2. The highest BCUT2D eigenvalue weighted by atomic mass is 32.2. The predicted molar refractivity (Wildman–Crippen MR) is 89.4 cm³/mol. The number of aromatic nitrogens is 1. The molecule has 4 nitrogen and oxygen atoms in total. The topological polar surface area (TPSA) is 51.1 Å². The molecule has 0 aliphatic carbocycles. The maximum atomic E-state index is 12.7. The summed E-state index contributed by atoms with van der Waals surface area (Å²) < 4.78 is 39.9. The summed E-state index contributed by atoms with van der Waals surface area (Å²) in [6, 6.07) is 6.69. The van der Waals surface area contributed by atoms with Gasteiger partial charge in [0.05, 0.1) is 10.5 Å². The van der Waals surface area contributed by atoms with Gasteiger partial charge in [-0.2, -0.15) is 13.2 Å². The smallest absolute Gasteiger partial charge is 0.318 e. The highest BCUT2D eigenvalue weighted by Gasteiger charge is 2.30. The number of halogens is 3. The van der Waals surface area contributed by atoms with Gasteiger partial charge in [-0.3, -0.25) is 14.9 Å². The Morgan fingerprint density at radius 3 is 2.28 bits per heavy atom. The Hall–Kier alpha value is -2.48. The largest absolute Gasteiger partial charge is 0.416 e. The summed E-state index contributed by atoms with van der Waals surface area (Å²) in [6.45, 7) is 3.62. The van der Waals surface area contributed by atoms with Gasteiger partial charge in [-0.25, -0.2) is 0 Å². The lowest BCUT2D eigenvalue weighted by Crippen LogP contribution is -2.17. The number of carbonyl (C=O) groups is 2. The van der Waals surface area contributed by atoms with E-state index in [2.05, 4.69) is 5.32 Å². The Labute approximate surface area is 145 Å². The molecule has 3 rings (SSSR count). The molecule has 1 aliphatic rings. The Bertz CT molecular complexity index is 896. The Morgan fingerprint density at radius 1 is 1.12 bits per heavy atom. The fourth-order valence-corrected chi connectivity index (χ4v) is 3.37. The first-order valence-corrected chi connectivity index (χ1v) is 8.10. The van der Waals surface area contributed by atoms with Gasteiger partial charge in [-0.05, 0) is 67.6 Å². The second kappa shape index (κ2) is 6.11. The van der Waals surface area contributed by atoms with Gasteiger partial charge in [0, 0.05) is 17.1 Å². The van der Waals surface area contributed by atoms with E-state index in [1.165, 1.54) is 12.1 Å². The molecular weight excluding hydrogens is 353 g/mol. The molecule has 0 atom stereocenters. The second-order valence-electron chi connectivity index (χ2n) is 5.56. The molecule has 2 amide bonds. The first-order valence-electron chi connectivity index (χ1n) is 7.28. The molecule has 1 saturated heterocycles. The number of nitrogens with one attached hydrogen (secondary N) is 1.